The van der Waals surface area contributed by atoms with Gasteiger partial charge in [-0.05, 0) is 23.6 Å². The zero-order chi connectivity index (χ0) is 30.3. The van der Waals surface area contributed by atoms with E-state index in [0.717, 1.165) is 22.7 Å². The van der Waals surface area contributed by atoms with Crippen molar-refractivity contribution in [2.45, 2.75) is 24.4 Å². The number of allylic oxidation sites excluding steroid dienone is 2. The summed E-state index contributed by atoms with van der Waals surface area (Å²) >= 11 is 8.20. The van der Waals surface area contributed by atoms with Crippen LogP contribution in [0.1, 0.15) is 30.0 Å². The van der Waals surface area contributed by atoms with Gasteiger partial charge in [0.1, 0.15) is 23.7 Å². The van der Waals surface area contributed by atoms with E-state index in [2.05, 4.69) is 19.8 Å². The summed E-state index contributed by atoms with van der Waals surface area (Å²) in [6.45, 7) is 1.91. The zero-order valence-corrected chi connectivity index (χ0v) is 25.3. The first-order valence-corrected chi connectivity index (χ1v) is 15.6. The molecule has 3 aromatic rings. The van der Waals surface area contributed by atoms with E-state index in [1.165, 1.54) is 16.7 Å². The summed E-state index contributed by atoms with van der Waals surface area (Å²) in [6, 6.07) is 17.8. The van der Waals surface area contributed by atoms with Gasteiger partial charge in [-0.15, -0.1) is 23.4 Å². The first-order valence-electron chi connectivity index (χ1n) is 13.2. The smallest absolute Gasteiger partial charge is 0.356 e. The molecule has 5 rings (SSSR count). The lowest BCUT2D eigenvalue weighted by atomic mass is 10.0. The Labute approximate surface area is 260 Å². The first-order chi connectivity index (χ1) is 20.9. The van der Waals surface area contributed by atoms with Gasteiger partial charge in [0.15, 0.2) is 11.2 Å². The molecule has 43 heavy (non-hydrogen) atoms. The minimum atomic E-state index is -0.944. The molecule has 0 spiro atoms. The SMILES string of the molecule is CCO/N=C(\C(=O)NC1C(=O)N2C(C(=O)OC(c3ccccc3)c3ccccc3)=C(C=CCCl)CS[C@H]12)c1nsc(N)n1. The Morgan fingerprint density at radius 3 is 2.44 bits per heavy atom. The van der Waals surface area contributed by atoms with Crippen LogP contribution >= 0.6 is 34.9 Å². The highest BCUT2D eigenvalue weighted by Crippen LogP contribution is 2.42. The van der Waals surface area contributed by atoms with Gasteiger partial charge in [0.2, 0.25) is 11.5 Å². The fraction of sp³-hybridized carbons (Fsp3) is 0.241. The molecule has 3 N–H and O–H groups in total. The van der Waals surface area contributed by atoms with Crippen LogP contribution in [0.3, 0.4) is 0 Å². The minimum Gasteiger partial charge on any atom is -0.448 e. The molecule has 2 atom stereocenters. The van der Waals surface area contributed by atoms with Crippen molar-refractivity contribution < 1.29 is 24.0 Å². The van der Waals surface area contributed by atoms with Crippen LogP contribution in [0, 0.1) is 0 Å². The Morgan fingerprint density at radius 2 is 1.86 bits per heavy atom. The molecule has 1 fully saturated rings. The summed E-state index contributed by atoms with van der Waals surface area (Å²) in [5.74, 6) is -1.27. The summed E-state index contributed by atoms with van der Waals surface area (Å²) in [5.41, 5.74) is 7.72. The monoisotopic (exact) mass is 638 g/mol. The van der Waals surface area contributed by atoms with Crippen molar-refractivity contribution in [3.05, 3.63) is 101 Å². The molecule has 222 valence electrons. The average molecular weight is 639 g/mol. The number of nitrogen functional groups attached to an aromatic ring is 1. The fourth-order valence-corrected chi connectivity index (χ4v) is 6.39. The van der Waals surface area contributed by atoms with Crippen molar-refractivity contribution >= 4 is 63.5 Å². The molecular weight excluding hydrogens is 612 g/mol. The lowest BCUT2D eigenvalue weighted by molar-refractivity contribution is -0.154. The Morgan fingerprint density at radius 1 is 1.19 bits per heavy atom. The second-order valence-corrected chi connectivity index (χ2v) is 11.4. The van der Waals surface area contributed by atoms with Gasteiger partial charge < -0.3 is 20.6 Å². The predicted octanol–water partition coefficient (Wildman–Crippen LogP) is 3.64. The standard InChI is InChI=1S/C29H27ClN6O5S2/c1-2-40-34-20(24-33-29(31)43-35-24)25(37)32-21-26(38)36-22(19(14-9-15-30)16-42-27(21)36)28(39)41-23(17-10-5-3-6-11-17)18-12-7-4-8-13-18/h3-14,21,23,27H,2,15-16H2,1H3,(H,32,37)(H2,31,33,35)/b14-9?,34-20-/t21?,27-/m1/s1. The van der Waals surface area contributed by atoms with Gasteiger partial charge in [-0.25, -0.2) is 4.79 Å². The van der Waals surface area contributed by atoms with E-state index in [-0.39, 0.29) is 34.9 Å². The highest BCUT2D eigenvalue weighted by Gasteiger charge is 2.54. The topological polar surface area (TPSA) is 149 Å². The molecule has 1 aromatic heterocycles. The van der Waals surface area contributed by atoms with Crippen LogP contribution in [0.2, 0.25) is 0 Å². The molecule has 3 heterocycles. The van der Waals surface area contributed by atoms with Crippen LogP contribution in [0.5, 0.6) is 0 Å². The summed E-state index contributed by atoms with van der Waals surface area (Å²) in [5, 5.41) is 6.12. The summed E-state index contributed by atoms with van der Waals surface area (Å²) in [7, 11) is 0. The number of oxime groups is 1. The number of hydrogen-bond acceptors (Lipinski definition) is 11. The van der Waals surface area contributed by atoms with E-state index in [1.54, 1.807) is 19.1 Å². The molecule has 1 unspecified atom stereocenters. The van der Waals surface area contributed by atoms with Crippen LogP contribution in [0.25, 0.3) is 0 Å². The van der Waals surface area contributed by atoms with Gasteiger partial charge >= 0.3 is 5.97 Å². The van der Waals surface area contributed by atoms with Gasteiger partial charge in [-0.1, -0.05) is 78.0 Å². The van der Waals surface area contributed by atoms with Crippen molar-refractivity contribution in [3.63, 3.8) is 0 Å². The number of nitrogens with two attached hydrogens (primary N) is 1. The minimum absolute atomic E-state index is 0.0149. The van der Waals surface area contributed by atoms with Crippen molar-refractivity contribution in [1.29, 1.82) is 0 Å². The van der Waals surface area contributed by atoms with Crippen LogP contribution < -0.4 is 11.1 Å². The van der Waals surface area contributed by atoms with E-state index in [9.17, 15) is 14.4 Å². The molecule has 0 aliphatic carbocycles. The molecule has 2 amide bonds. The van der Waals surface area contributed by atoms with E-state index < -0.39 is 35.3 Å². The number of fused-ring (bicyclic) bond motifs is 1. The number of carbonyl (C=O) groups excluding carboxylic acids is 3. The Kier molecular flexibility index (Phi) is 9.75. The number of amides is 2. The number of alkyl halides is 1. The molecule has 0 saturated carbocycles. The van der Waals surface area contributed by atoms with Gasteiger partial charge in [-0.2, -0.15) is 9.36 Å². The number of esters is 1. The molecule has 1 saturated heterocycles. The quantitative estimate of drug-likeness (QED) is 0.106. The summed E-state index contributed by atoms with van der Waals surface area (Å²) in [6.07, 6.45) is 2.71. The maximum atomic E-state index is 13.9. The normalized spacial score (nSPS) is 18.4. The number of anilines is 1. The number of nitrogens with one attached hydrogen (secondary N) is 1. The lowest BCUT2D eigenvalue weighted by Gasteiger charge is -2.49. The highest BCUT2D eigenvalue weighted by molar-refractivity contribution is 8.00. The predicted molar refractivity (Wildman–Crippen MR) is 165 cm³/mol. The zero-order valence-electron chi connectivity index (χ0n) is 22.9. The Hall–Kier alpha value is -4.20. The number of carbonyl (C=O) groups is 3. The summed E-state index contributed by atoms with van der Waals surface area (Å²) < 4.78 is 10.2. The molecule has 2 aliphatic rings. The third kappa shape index (κ3) is 6.58. The van der Waals surface area contributed by atoms with Gasteiger partial charge in [0.05, 0.1) is 0 Å². The van der Waals surface area contributed by atoms with Crippen LogP contribution in [0.4, 0.5) is 5.13 Å². The average Bonchev–Trinajstić information content (AvgIpc) is 3.47. The molecule has 0 radical (unpaired) electrons. The van der Waals surface area contributed by atoms with Crippen molar-refractivity contribution in [3.8, 4) is 0 Å². The van der Waals surface area contributed by atoms with Crippen LogP contribution in [-0.4, -0.2) is 67.4 Å². The van der Waals surface area contributed by atoms with Crippen LogP contribution in [-0.2, 0) is 24.0 Å². The second-order valence-electron chi connectivity index (χ2n) is 9.21. The number of nitrogens with zero attached hydrogens (tertiary/aromatic N) is 4. The molecule has 2 aliphatic heterocycles. The van der Waals surface area contributed by atoms with Gasteiger partial charge in [-0.3, -0.25) is 14.5 Å². The van der Waals surface area contributed by atoms with Crippen LogP contribution in [0.15, 0.2) is 89.2 Å². The van der Waals surface area contributed by atoms with Crippen molar-refractivity contribution in [2.24, 2.45) is 5.16 Å². The number of ether oxygens (including phenoxy) is 1. The van der Waals surface area contributed by atoms with E-state index in [1.807, 2.05) is 60.7 Å². The number of aromatic nitrogens is 2. The maximum absolute atomic E-state index is 13.9. The third-order valence-corrected chi connectivity index (χ3v) is 8.49. The van der Waals surface area contributed by atoms with E-state index >= 15 is 0 Å². The third-order valence-electron chi connectivity index (χ3n) is 6.47. The lowest BCUT2D eigenvalue weighted by Crippen LogP contribution is -2.71. The van der Waals surface area contributed by atoms with Gasteiger partial charge in [0, 0.05) is 23.2 Å². The number of rotatable bonds is 11. The second kappa shape index (κ2) is 13.8. The largest absolute Gasteiger partial charge is 0.448 e. The number of thioether (sulfide) groups is 1. The Bertz CT molecular complexity index is 1540. The maximum Gasteiger partial charge on any atom is 0.356 e. The number of hydrogen-bond donors (Lipinski definition) is 2. The van der Waals surface area contributed by atoms with E-state index in [0.29, 0.717) is 11.3 Å². The first kappa shape index (κ1) is 30.3. The molecular formula is C29H27ClN6O5S2. The molecule has 0 bridgehead atoms. The fourth-order valence-electron chi connectivity index (χ4n) is 4.55. The molecule has 14 heteroatoms. The number of benzene rings is 2. The van der Waals surface area contributed by atoms with Crippen molar-refractivity contribution in [1.82, 2.24) is 19.6 Å². The number of β-lactam (4-membered cyclic amide) rings is 1. The molecule has 2 aromatic carbocycles. The Balaban J connectivity index is 1.41. The van der Waals surface area contributed by atoms with Gasteiger partial charge in [0.25, 0.3) is 11.8 Å². The summed E-state index contributed by atoms with van der Waals surface area (Å²) in [4.78, 5) is 51.1. The van der Waals surface area contributed by atoms with E-state index in [4.69, 9.17) is 26.9 Å². The van der Waals surface area contributed by atoms with Crippen molar-refractivity contribution in [2.75, 3.05) is 24.0 Å². The number of halogens is 1. The highest BCUT2D eigenvalue weighted by atomic mass is 35.5. The molecule has 11 nitrogen and oxygen atoms in total.